The van der Waals surface area contributed by atoms with E-state index in [4.69, 9.17) is 9.47 Å². The van der Waals surface area contributed by atoms with Crippen LogP contribution < -0.4 is 14.8 Å². The second-order valence-corrected chi connectivity index (χ2v) is 6.66. The Balaban J connectivity index is 1.94. The molecule has 1 unspecified atom stereocenters. The molecule has 3 nitrogen and oxygen atoms in total. The number of ether oxygens (including phenoxy) is 2. The molecule has 3 rings (SSSR count). The van der Waals surface area contributed by atoms with Crippen molar-refractivity contribution in [3.8, 4) is 11.5 Å². The highest BCUT2D eigenvalue weighted by Gasteiger charge is 2.26. The first kappa shape index (κ1) is 14.2. The lowest BCUT2D eigenvalue weighted by molar-refractivity contribution is 0.197. The largest absolute Gasteiger partial charge is 0.493 e. The lowest BCUT2D eigenvalue weighted by Crippen LogP contribution is -2.15. The fourth-order valence-corrected chi connectivity index (χ4v) is 3.72. The highest BCUT2D eigenvalue weighted by molar-refractivity contribution is 9.10. The van der Waals surface area contributed by atoms with Gasteiger partial charge in [0.25, 0.3) is 0 Å². The van der Waals surface area contributed by atoms with Gasteiger partial charge >= 0.3 is 0 Å². The van der Waals surface area contributed by atoms with Crippen molar-refractivity contribution in [2.45, 2.75) is 44.1 Å². The Hall–Kier alpha value is -0.740. The maximum atomic E-state index is 6.32. The lowest BCUT2D eigenvalue weighted by atomic mass is 9.97. The second-order valence-electron chi connectivity index (χ2n) is 5.74. The van der Waals surface area contributed by atoms with Gasteiger partial charge in [-0.15, -0.1) is 0 Å². The van der Waals surface area contributed by atoms with Gasteiger partial charge < -0.3 is 14.8 Å². The molecule has 1 atom stereocenters. The molecule has 4 heteroatoms. The van der Waals surface area contributed by atoms with Crippen LogP contribution in [0.1, 0.15) is 43.6 Å². The Labute approximate surface area is 129 Å². The van der Waals surface area contributed by atoms with Gasteiger partial charge in [0.1, 0.15) is 0 Å². The zero-order chi connectivity index (χ0) is 13.9. The van der Waals surface area contributed by atoms with Crippen molar-refractivity contribution in [1.29, 1.82) is 0 Å². The monoisotopic (exact) mass is 339 g/mol. The standard InChI is InChI=1S/C16H22BrNO2/c1-19-15-9-12(17)8-14(11-6-7-18-10-11)16(15)20-13-4-2-3-5-13/h8-9,11,13,18H,2-7,10H2,1H3. The second kappa shape index (κ2) is 6.35. The molecule has 1 aliphatic carbocycles. The molecule has 1 aromatic rings. The molecule has 1 aliphatic heterocycles. The molecule has 20 heavy (non-hydrogen) atoms. The number of methoxy groups -OCH3 is 1. The predicted molar refractivity (Wildman–Crippen MR) is 83.8 cm³/mol. The van der Waals surface area contributed by atoms with E-state index in [0.717, 1.165) is 29.1 Å². The molecule has 1 saturated heterocycles. The van der Waals surface area contributed by atoms with Crippen LogP contribution in [-0.4, -0.2) is 26.3 Å². The molecule has 1 saturated carbocycles. The number of hydrogen-bond donors (Lipinski definition) is 1. The molecular weight excluding hydrogens is 318 g/mol. The smallest absolute Gasteiger partial charge is 0.165 e. The SMILES string of the molecule is COc1cc(Br)cc(C2CCNC2)c1OC1CCCC1. The first-order valence-electron chi connectivity index (χ1n) is 7.52. The predicted octanol–water partition coefficient (Wildman–Crippen LogP) is 3.86. The third-order valence-corrected chi connectivity index (χ3v) is 4.81. The highest BCUT2D eigenvalue weighted by atomic mass is 79.9. The summed E-state index contributed by atoms with van der Waals surface area (Å²) >= 11 is 3.59. The summed E-state index contributed by atoms with van der Waals surface area (Å²) in [5.41, 5.74) is 1.29. The summed E-state index contributed by atoms with van der Waals surface area (Å²) in [5.74, 6) is 2.35. The van der Waals surface area contributed by atoms with Gasteiger partial charge in [0.05, 0.1) is 13.2 Å². The van der Waals surface area contributed by atoms with Crippen LogP contribution in [0.5, 0.6) is 11.5 Å². The molecule has 0 spiro atoms. The Morgan fingerprint density at radius 2 is 2.00 bits per heavy atom. The molecular formula is C16H22BrNO2. The van der Waals surface area contributed by atoms with Crippen LogP contribution in [0.25, 0.3) is 0 Å². The van der Waals surface area contributed by atoms with Gasteiger partial charge in [0, 0.05) is 22.5 Å². The Kier molecular flexibility index (Phi) is 4.51. The average Bonchev–Trinajstić information content (AvgIpc) is 3.12. The molecule has 0 bridgehead atoms. The van der Waals surface area contributed by atoms with Crippen molar-refractivity contribution in [2.24, 2.45) is 0 Å². The number of benzene rings is 1. The summed E-state index contributed by atoms with van der Waals surface area (Å²) in [5, 5.41) is 3.44. The summed E-state index contributed by atoms with van der Waals surface area (Å²) in [6.45, 7) is 2.11. The van der Waals surface area contributed by atoms with Crippen molar-refractivity contribution in [3.63, 3.8) is 0 Å². The zero-order valence-electron chi connectivity index (χ0n) is 12.0. The Morgan fingerprint density at radius 3 is 2.65 bits per heavy atom. The normalized spacial score (nSPS) is 23.2. The van der Waals surface area contributed by atoms with Crippen LogP contribution >= 0.6 is 15.9 Å². The number of hydrogen-bond acceptors (Lipinski definition) is 3. The highest BCUT2D eigenvalue weighted by Crippen LogP contribution is 2.42. The molecule has 1 heterocycles. The molecule has 2 fully saturated rings. The number of nitrogens with one attached hydrogen (secondary N) is 1. The maximum Gasteiger partial charge on any atom is 0.165 e. The van der Waals surface area contributed by atoms with Gasteiger partial charge in [-0.1, -0.05) is 15.9 Å². The Bertz CT molecular complexity index is 466. The fraction of sp³-hybridized carbons (Fsp3) is 0.625. The van der Waals surface area contributed by atoms with Crippen molar-refractivity contribution in [1.82, 2.24) is 5.32 Å². The Morgan fingerprint density at radius 1 is 1.20 bits per heavy atom. The van der Waals surface area contributed by atoms with Gasteiger partial charge in [-0.3, -0.25) is 0 Å². The molecule has 1 aromatic carbocycles. The zero-order valence-corrected chi connectivity index (χ0v) is 13.5. The number of rotatable bonds is 4. The lowest BCUT2D eigenvalue weighted by Gasteiger charge is -2.22. The van der Waals surface area contributed by atoms with E-state index in [0.29, 0.717) is 12.0 Å². The van der Waals surface area contributed by atoms with Crippen LogP contribution in [0.3, 0.4) is 0 Å². The maximum absolute atomic E-state index is 6.32. The van der Waals surface area contributed by atoms with Crippen LogP contribution in [0.4, 0.5) is 0 Å². The summed E-state index contributed by atoms with van der Waals surface area (Å²) in [7, 11) is 1.72. The van der Waals surface area contributed by atoms with E-state index in [1.54, 1.807) is 7.11 Å². The molecule has 0 aromatic heterocycles. The van der Waals surface area contributed by atoms with E-state index in [9.17, 15) is 0 Å². The van der Waals surface area contributed by atoms with Crippen LogP contribution in [0, 0.1) is 0 Å². The van der Waals surface area contributed by atoms with Crippen molar-refractivity contribution >= 4 is 15.9 Å². The van der Waals surface area contributed by atoms with Crippen LogP contribution in [0.15, 0.2) is 16.6 Å². The van der Waals surface area contributed by atoms with Gasteiger partial charge in [-0.2, -0.15) is 0 Å². The minimum Gasteiger partial charge on any atom is -0.493 e. The molecule has 2 aliphatic rings. The van der Waals surface area contributed by atoms with E-state index in [-0.39, 0.29) is 0 Å². The van der Waals surface area contributed by atoms with Gasteiger partial charge in [0.2, 0.25) is 0 Å². The van der Waals surface area contributed by atoms with E-state index in [1.165, 1.54) is 37.7 Å². The van der Waals surface area contributed by atoms with E-state index < -0.39 is 0 Å². The summed E-state index contributed by atoms with van der Waals surface area (Å²) in [4.78, 5) is 0. The third kappa shape index (κ3) is 2.96. The van der Waals surface area contributed by atoms with E-state index in [2.05, 4.69) is 27.3 Å². The summed E-state index contributed by atoms with van der Waals surface area (Å²) < 4.78 is 12.9. The number of halogens is 1. The molecule has 110 valence electrons. The van der Waals surface area contributed by atoms with E-state index >= 15 is 0 Å². The van der Waals surface area contributed by atoms with Crippen LogP contribution in [-0.2, 0) is 0 Å². The summed E-state index contributed by atoms with van der Waals surface area (Å²) in [6, 6.07) is 4.21. The topological polar surface area (TPSA) is 30.5 Å². The minimum atomic E-state index is 0.359. The van der Waals surface area contributed by atoms with Crippen LogP contribution in [0.2, 0.25) is 0 Å². The van der Waals surface area contributed by atoms with Gasteiger partial charge in [-0.05, 0) is 50.8 Å². The molecule has 0 amide bonds. The molecule has 0 radical (unpaired) electrons. The first-order valence-corrected chi connectivity index (χ1v) is 8.32. The van der Waals surface area contributed by atoms with E-state index in [1.807, 2.05) is 6.07 Å². The first-order chi connectivity index (χ1) is 9.78. The average molecular weight is 340 g/mol. The molecule has 1 N–H and O–H groups in total. The minimum absolute atomic E-state index is 0.359. The van der Waals surface area contributed by atoms with Gasteiger partial charge in [-0.25, -0.2) is 0 Å². The summed E-state index contributed by atoms with van der Waals surface area (Å²) in [6.07, 6.45) is 6.43. The quantitative estimate of drug-likeness (QED) is 0.903. The van der Waals surface area contributed by atoms with Crippen molar-refractivity contribution in [2.75, 3.05) is 20.2 Å². The third-order valence-electron chi connectivity index (χ3n) is 4.36. The van der Waals surface area contributed by atoms with Crippen molar-refractivity contribution in [3.05, 3.63) is 22.2 Å². The fourth-order valence-electron chi connectivity index (χ4n) is 3.26. The van der Waals surface area contributed by atoms with Gasteiger partial charge in [0.15, 0.2) is 11.5 Å². The van der Waals surface area contributed by atoms with Crippen molar-refractivity contribution < 1.29 is 9.47 Å².